The van der Waals surface area contributed by atoms with Crippen molar-refractivity contribution in [3.8, 4) is 0 Å². The van der Waals surface area contributed by atoms with Gasteiger partial charge in [-0.05, 0) is 73.4 Å². The molecule has 3 aromatic rings. The fourth-order valence-corrected chi connectivity index (χ4v) is 6.62. The van der Waals surface area contributed by atoms with E-state index in [2.05, 4.69) is 17.4 Å². The fourth-order valence-electron chi connectivity index (χ4n) is 6.62. The molecule has 7 nitrogen and oxygen atoms in total. The van der Waals surface area contributed by atoms with Crippen LogP contribution in [0.25, 0.3) is 0 Å². The molecule has 7 heteroatoms. The average molecular weight is 509 g/mol. The predicted molar refractivity (Wildman–Crippen MR) is 141 cm³/mol. The van der Waals surface area contributed by atoms with Crippen LogP contribution in [0.3, 0.4) is 0 Å². The molecule has 0 spiro atoms. The van der Waals surface area contributed by atoms with Gasteiger partial charge < -0.3 is 10.1 Å². The van der Waals surface area contributed by atoms with Crippen molar-refractivity contribution in [1.29, 1.82) is 0 Å². The maximum Gasteiger partial charge on any atom is 0.338 e. The summed E-state index contributed by atoms with van der Waals surface area (Å²) in [4.78, 5) is 53.2. The van der Waals surface area contributed by atoms with Crippen molar-refractivity contribution in [2.45, 2.75) is 25.7 Å². The molecule has 3 amide bonds. The van der Waals surface area contributed by atoms with Crippen LogP contribution in [-0.4, -0.2) is 30.3 Å². The zero-order valence-electron chi connectivity index (χ0n) is 21.0. The number of anilines is 2. The van der Waals surface area contributed by atoms with E-state index < -0.39 is 18.5 Å². The maximum absolute atomic E-state index is 13.6. The number of imide groups is 1. The lowest BCUT2D eigenvalue weighted by Crippen LogP contribution is -2.33. The Bertz CT molecular complexity index is 1420. The Kier molecular flexibility index (Phi) is 6.06. The minimum absolute atomic E-state index is 0.147. The van der Waals surface area contributed by atoms with Gasteiger partial charge in [0.25, 0.3) is 5.91 Å². The van der Waals surface area contributed by atoms with Crippen LogP contribution >= 0.6 is 0 Å². The van der Waals surface area contributed by atoms with Gasteiger partial charge in [0.2, 0.25) is 11.8 Å². The number of carbonyl (C=O) groups excluding carboxylic acids is 4. The summed E-state index contributed by atoms with van der Waals surface area (Å²) in [6.45, 7) is 1.50. The molecule has 3 aliphatic rings. The van der Waals surface area contributed by atoms with Crippen LogP contribution in [0.15, 0.2) is 78.9 Å². The maximum atomic E-state index is 13.6. The van der Waals surface area contributed by atoms with Crippen LogP contribution in [0.1, 0.15) is 40.2 Å². The quantitative estimate of drug-likeness (QED) is 0.384. The number of ether oxygens (including phenoxy) is 1. The number of rotatable bonds is 6. The lowest BCUT2D eigenvalue weighted by Gasteiger charge is -2.28. The summed E-state index contributed by atoms with van der Waals surface area (Å²) in [6, 6.07) is 23.8. The molecule has 0 unspecified atom stereocenters. The second kappa shape index (κ2) is 9.56. The molecule has 1 heterocycles. The first-order valence-corrected chi connectivity index (χ1v) is 13.0. The summed E-state index contributed by atoms with van der Waals surface area (Å²) in [5.41, 5.74) is 3.45. The van der Waals surface area contributed by atoms with Crippen molar-refractivity contribution in [2.24, 2.45) is 23.7 Å². The number of benzene rings is 3. The molecule has 1 N–H and O–H groups in total. The minimum atomic E-state index is -0.700. The van der Waals surface area contributed by atoms with Crippen molar-refractivity contribution in [2.75, 3.05) is 16.8 Å². The third kappa shape index (κ3) is 4.18. The number of nitrogens with zero attached hydrogens (tertiary/aromatic N) is 1. The number of hydrogen-bond donors (Lipinski definition) is 1. The first-order chi connectivity index (χ1) is 18.4. The van der Waals surface area contributed by atoms with E-state index in [1.165, 1.54) is 16.5 Å². The summed E-state index contributed by atoms with van der Waals surface area (Å²) in [6.07, 6.45) is 1.82. The molecule has 3 fully saturated rings. The summed E-state index contributed by atoms with van der Waals surface area (Å²) in [7, 11) is 0. The van der Waals surface area contributed by atoms with Gasteiger partial charge in [-0.1, -0.05) is 54.1 Å². The largest absolute Gasteiger partial charge is 0.452 e. The first-order valence-electron chi connectivity index (χ1n) is 13.0. The third-order valence-corrected chi connectivity index (χ3v) is 8.25. The Labute approximate surface area is 220 Å². The van der Waals surface area contributed by atoms with Crippen molar-refractivity contribution in [1.82, 2.24) is 0 Å². The molecule has 192 valence electrons. The van der Waals surface area contributed by atoms with Crippen LogP contribution in [0.2, 0.25) is 0 Å². The summed E-state index contributed by atoms with van der Waals surface area (Å²) >= 11 is 0. The molecule has 2 saturated carbocycles. The molecular weight excluding hydrogens is 480 g/mol. The standard InChI is InChI=1S/C31H28N2O5/c1-18-10-12-22(13-11-18)32-26(34)17-38-31(37)20-8-5-9-23(14-20)33-29(35)27-21-15-24(19-6-3-2-4-7-19)25(16-21)28(27)30(33)36/h2-14,21,24-25,27-28H,15-17H2,1H3,(H,32,34)/t21-,24-,25+,27+,28-/m0/s1. The van der Waals surface area contributed by atoms with E-state index in [4.69, 9.17) is 4.74 Å². The van der Waals surface area contributed by atoms with E-state index in [9.17, 15) is 19.2 Å². The number of fused-ring (bicyclic) bond motifs is 5. The van der Waals surface area contributed by atoms with Gasteiger partial charge in [-0.3, -0.25) is 19.3 Å². The molecule has 3 aromatic carbocycles. The van der Waals surface area contributed by atoms with Crippen LogP contribution in [0.5, 0.6) is 0 Å². The number of esters is 1. The smallest absolute Gasteiger partial charge is 0.338 e. The first kappa shape index (κ1) is 24.1. The molecular formula is C31H28N2O5. The lowest BCUT2D eigenvalue weighted by atomic mass is 9.73. The number of aryl methyl sites for hydroxylation is 1. The molecule has 0 radical (unpaired) electrons. The highest BCUT2D eigenvalue weighted by Gasteiger charge is 2.64. The van der Waals surface area contributed by atoms with E-state index in [0.717, 1.165) is 18.4 Å². The highest BCUT2D eigenvalue weighted by Crippen LogP contribution is 2.61. The van der Waals surface area contributed by atoms with Gasteiger partial charge in [0.1, 0.15) is 0 Å². The Hall–Kier alpha value is -4.26. The van der Waals surface area contributed by atoms with E-state index in [1.54, 1.807) is 30.3 Å². The van der Waals surface area contributed by atoms with Gasteiger partial charge in [0, 0.05) is 5.69 Å². The van der Waals surface area contributed by atoms with Gasteiger partial charge in [-0.15, -0.1) is 0 Å². The fraction of sp³-hybridized carbons (Fsp3) is 0.290. The normalized spacial score (nSPS) is 25.4. The van der Waals surface area contributed by atoms with Crippen LogP contribution in [0.4, 0.5) is 11.4 Å². The Morgan fingerprint density at radius 1 is 0.895 bits per heavy atom. The molecule has 2 aliphatic carbocycles. The summed E-state index contributed by atoms with van der Waals surface area (Å²) in [5, 5.41) is 2.68. The van der Waals surface area contributed by atoms with Crippen molar-refractivity contribution in [3.05, 3.63) is 95.6 Å². The van der Waals surface area contributed by atoms with E-state index in [1.807, 2.05) is 37.3 Å². The van der Waals surface area contributed by atoms with Gasteiger partial charge >= 0.3 is 5.97 Å². The summed E-state index contributed by atoms with van der Waals surface area (Å²) in [5.74, 6) is -1.52. The highest BCUT2D eigenvalue weighted by atomic mass is 16.5. The summed E-state index contributed by atoms with van der Waals surface area (Å²) < 4.78 is 5.20. The molecule has 38 heavy (non-hydrogen) atoms. The molecule has 0 aromatic heterocycles. The van der Waals surface area contributed by atoms with Crippen LogP contribution < -0.4 is 10.2 Å². The monoisotopic (exact) mass is 508 g/mol. The zero-order valence-corrected chi connectivity index (χ0v) is 21.0. The van der Waals surface area contributed by atoms with Crippen molar-refractivity contribution >= 4 is 35.1 Å². The SMILES string of the molecule is Cc1ccc(NC(=O)COC(=O)c2cccc(N3C(=O)[C@@H]4[C@@H]5C[C@@H]([C@@H]4C3=O)[C@H](c3ccccc3)C5)c2)cc1. The number of carbonyl (C=O) groups is 4. The predicted octanol–water partition coefficient (Wildman–Crippen LogP) is 4.72. The Morgan fingerprint density at radius 3 is 2.39 bits per heavy atom. The Morgan fingerprint density at radius 2 is 1.63 bits per heavy atom. The van der Waals surface area contributed by atoms with E-state index >= 15 is 0 Å². The molecule has 1 saturated heterocycles. The minimum Gasteiger partial charge on any atom is -0.452 e. The van der Waals surface area contributed by atoms with Crippen LogP contribution in [-0.2, 0) is 19.1 Å². The van der Waals surface area contributed by atoms with Crippen molar-refractivity contribution in [3.63, 3.8) is 0 Å². The van der Waals surface area contributed by atoms with Crippen LogP contribution in [0, 0.1) is 30.6 Å². The zero-order chi connectivity index (χ0) is 26.4. The van der Waals surface area contributed by atoms with Gasteiger partial charge in [0.05, 0.1) is 23.1 Å². The van der Waals surface area contributed by atoms with Gasteiger partial charge in [0.15, 0.2) is 6.61 Å². The third-order valence-electron chi connectivity index (χ3n) is 8.25. The highest BCUT2D eigenvalue weighted by molar-refractivity contribution is 6.23. The molecule has 6 rings (SSSR count). The van der Waals surface area contributed by atoms with E-state index in [0.29, 0.717) is 11.4 Å². The number of nitrogens with one attached hydrogen (secondary N) is 1. The van der Waals surface area contributed by atoms with Gasteiger partial charge in [-0.2, -0.15) is 0 Å². The lowest BCUT2D eigenvalue weighted by molar-refractivity contribution is -0.123. The Balaban J connectivity index is 1.14. The van der Waals surface area contributed by atoms with Gasteiger partial charge in [-0.25, -0.2) is 4.79 Å². The number of hydrogen-bond acceptors (Lipinski definition) is 5. The molecule has 2 bridgehead atoms. The molecule has 5 atom stereocenters. The average Bonchev–Trinajstić information content (AvgIpc) is 3.60. The van der Waals surface area contributed by atoms with Crippen molar-refractivity contribution < 1.29 is 23.9 Å². The second-order valence-corrected chi connectivity index (χ2v) is 10.5. The molecule has 1 aliphatic heterocycles. The van der Waals surface area contributed by atoms with E-state index in [-0.39, 0.29) is 47.0 Å². The second-order valence-electron chi connectivity index (χ2n) is 10.5. The number of amides is 3. The topological polar surface area (TPSA) is 92.8 Å².